The van der Waals surface area contributed by atoms with Gasteiger partial charge in [-0.05, 0) is 24.1 Å². The van der Waals surface area contributed by atoms with E-state index in [0.29, 0.717) is 6.10 Å². The van der Waals surface area contributed by atoms with Crippen LogP contribution in [0, 0.1) is 0 Å². The predicted octanol–water partition coefficient (Wildman–Crippen LogP) is 2.24. The van der Waals surface area contributed by atoms with Gasteiger partial charge in [0.15, 0.2) is 0 Å². The topological polar surface area (TPSA) is 38.5 Å². The highest BCUT2D eigenvalue weighted by atomic mass is 79.9. The average molecular weight is 242 g/mol. The van der Waals surface area contributed by atoms with Gasteiger partial charge in [0.2, 0.25) is 0 Å². The Morgan fingerprint density at radius 1 is 1.62 bits per heavy atom. The van der Waals surface area contributed by atoms with Crippen molar-refractivity contribution in [1.29, 1.82) is 0 Å². The van der Waals surface area contributed by atoms with Crippen molar-refractivity contribution < 1.29 is 4.74 Å². The molecule has 1 fully saturated rings. The maximum Gasteiger partial charge on any atom is 0.0828 e. The molecular formula is C10H12BrNO. The number of nitrogens with two attached hydrogens (primary N) is 1. The molecule has 1 aliphatic heterocycles. The van der Waals surface area contributed by atoms with E-state index in [1.54, 1.807) is 0 Å². The monoisotopic (exact) mass is 241 g/mol. The Kier molecular flexibility index (Phi) is 2.67. The lowest BCUT2D eigenvalue weighted by molar-refractivity contribution is 0.382. The van der Waals surface area contributed by atoms with E-state index in [2.05, 4.69) is 28.1 Å². The fourth-order valence-electron chi connectivity index (χ4n) is 1.36. The van der Waals surface area contributed by atoms with Crippen LogP contribution in [0.3, 0.4) is 0 Å². The van der Waals surface area contributed by atoms with Gasteiger partial charge in [0.1, 0.15) is 0 Å². The van der Waals surface area contributed by atoms with E-state index >= 15 is 0 Å². The fraction of sp³-hybridized carbons (Fsp3) is 0.400. The summed E-state index contributed by atoms with van der Waals surface area (Å²) in [6.07, 6.45) is 1.32. The van der Waals surface area contributed by atoms with Crippen molar-refractivity contribution in [2.75, 3.05) is 6.61 Å². The van der Waals surface area contributed by atoms with Gasteiger partial charge in [-0.1, -0.05) is 28.1 Å². The molecule has 1 aliphatic rings. The number of ether oxygens (including phenoxy) is 1. The minimum absolute atomic E-state index is 0.102. The van der Waals surface area contributed by atoms with Crippen LogP contribution in [0.15, 0.2) is 28.7 Å². The van der Waals surface area contributed by atoms with E-state index in [-0.39, 0.29) is 6.04 Å². The SMILES string of the molecule is NC(CC1CO1)c1cccc(Br)c1. The Balaban J connectivity index is 2.04. The zero-order chi connectivity index (χ0) is 9.26. The lowest BCUT2D eigenvalue weighted by Crippen LogP contribution is -2.12. The summed E-state index contributed by atoms with van der Waals surface area (Å²) in [6, 6.07) is 8.23. The first-order valence-corrected chi connectivity index (χ1v) is 5.17. The van der Waals surface area contributed by atoms with Crippen LogP contribution >= 0.6 is 15.9 Å². The fourth-order valence-corrected chi connectivity index (χ4v) is 1.78. The Hall–Kier alpha value is -0.380. The molecule has 13 heavy (non-hydrogen) atoms. The van der Waals surface area contributed by atoms with Crippen LogP contribution in [0.1, 0.15) is 18.0 Å². The molecule has 0 aliphatic carbocycles. The van der Waals surface area contributed by atoms with Crippen molar-refractivity contribution in [3.8, 4) is 0 Å². The molecule has 0 amide bonds. The van der Waals surface area contributed by atoms with E-state index in [1.807, 2.05) is 12.1 Å². The van der Waals surface area contributed by atoms with Crippen molar-refractivity contribution in [1.82, 2.24) is 0 Å². The summed E-state index contributed by atoms with van der Waals surface area (Å²) in [5.41, 5.74) is 7.18. The molecule has 2 unspecified atom stereocenters. The van der Waals surface area contributed by atoms with Gasteiger partial charge >= 0.3 is 0 Å². The molecule has 1 aromatic carbocycles. The second-order valence-electron chi connectivity index (χ2n) is 3.35. The van der Waals surface area contributed by atoms with E-state index in [1.165, 1.54) is 5.56 Å². The third kappa shape index (κ3) is 2.53. The largest absolute Gasteiger partial charge is 0.373 e. The molecule has 2 atom stereocenters. The summed E-state index contributed by atoms with van der Waals surface area (Å²) in [4.78, 5) is 0. The molecule has 0 saturated carbocycles. The number of rotatable bonds is 3. The average Bonchev–Trinajstić information content (AvgIpc) is 2.88. The van der Waals surface area contributed by atoms with Crippen molar-refractivity contribution >= 4 is 15.9 Å². The van der Waals surface area contributed by atoms with Gasteiger partial charge in [-0.3, -0.25) is 0 Å². The number of benzene rings is 1. The molecule has 2 rings (SSSR count). The van der Waals surface area contributed by atoms with Crippen LogP contribution in [0.25, 0.3) is 0 Å². The molecule has 1 aromatic rings. The molecular weight excluding hydrogens is 230 g/mol. The quantitative estimate of drug-likeness (QED) is 0.825. The molecule has 0 spiro atoms. The van der Waals surface area contributed by atoms with Crippen LogP contribution in [-0.4, -0.2) is 12.7 Å². The molecule has 2 N–H and O–H groups in total. The highest BCUT2D eigenvalue weighted by Gasteiger charge is 2.25. The second-order valence-corrected chi connectivity index (χ2v) is 4.27. The zero-order valence-electron chi connectivity index (χ0n) is 7.24. The second kappa shape index (κ2) is 3.78. The maximum atomic E-state index is 6.00. The molecule has 0 radical (unpaired) electrons. The molecule has 2 nitrogen and oxygen atoms in total. The third-order valence-electron chi connectivity index (χ3n) is 2.20. The minimum atomic E-state index is 0.102. The Morgan fingerprint density at radius 2 is 2.38 bits per heavy atom. The molecule has 3 heteroatoms. The van der Waals surface area contributed by atoms with Gasteiger partial charge in [-0.25, -0.2) is 0 Å². The third-order valence-corrected chi connectivity index (χ3v) is 2.69. The Morgan fingerprint density at radius 3 is 3.00 bits per heavy atom. The van der Waals surface area contributed by atoms with Gasteiger partial charge in [0, 0.05) is 10.5 Å². The molecule has 1 saturated heterocycles. The van der Waals surface area contributed by atoms with Gasteiger partial charge in [-0.15, -0.1) is 0 Å². The molecule has 0 bridgehead atoms. The number of epoxide rings is 1. The lowest BCUT2D eigenvalue weighted by atomic mass is 10.0. The number of halogens is 1. The summed E-state index contributed by atoms with van der Waals surface area (Å²) < 4.78 is 6.22. The first kappa shape index (κ1) is 9.19. The molecule has 1 heterocycles. The summed E-state index contributed by atoms with van der Waals surface area (Å²) in [6.45, 7) is 0.877. The van der Waals surface area contributed by atoms with Gasteiger partial charge in [0.05, 0.1) is 12.7 Å². The Labute approximate surface area is 86.2 Å². The van der Waals surface area contributed by atoms with Crippen molar-refractivity contribution in [3.63, 3.8) is 0 Å². The summed E-state index contributed by atoms with van der Waals surface area (Å²) in [5.74, 6) is 0. The van der Waals surface area contributed by atoms with Crippen molar-refractivity contribution in [3.05, 3.63) is 34.3 Å². The normalized spacial score (nSPS) is 22.8. The zero-order valence-corrected chi connectivity index (χ0v) is 8.83. The highest BCUT2D eigenvalue weighted by Crippen LogP contribution is 2.24. The van der Waals surface area contributed by atoms with Crippen LogP contribution in [0.5, 0.6) is 0 Å². The van der Waals surface area contributed by atoms with Crippen LogP contribution in [0.2, 0.25) is 0 Å². The number of hydrogen-bond donors (Lipinski definition) is 1. The maximum absolute atomic E-state index is 6.00. The van der Waals surface area contributed by atoms with Crippen LogP contribution in [-0.2, 0) is 4.74 Å². The van der Waals surface area contributed by atoms with Gasteiger partial charge in [-0.2, -0.15) is 0 Å². The van der Waals surface area contributed by atoms with E-state index in [9.17, 15) is 0 Å². The van der Waals surface area contributed by atoms with Gasteiger partial charge < -0.3 is 10.5 Å². The minimum Gasteiger partial charge on any atom is -0.373 e. The number of hydrogen-bond acceptors (Lipinski definition) is 2. The van der Waals surface area contributed by atoms with Crippen molar-refractivity contribution in [2.45, 2.75) is 18.6 Å². The first-order chi connectivity index (χ1) is 6.25. The van der Waals surface area contributed by atoms with E-state index in [4.69, 9.17) is 10.5 Å². The predicted molar refractivity (Wildman–Crippen MR) is 55.4 cm³/mol. The van der Waals surface area contributed by atoms with Crippen LogP contribution < -0.4 is 5.73 Å². The first-order valence-electron chi connectivity index (χ1n) is 4.38. The standard InChI is InChI=1S/C10H12BrNO/c11-8-3-1-2-7(4-8)10(12)5-9-6-13-9/h1-4,9-10H,5-6,12H2. The van der Waals surface area contributed by atoms with E-state index in [0.717, 1.165) is 17.5 Å². The summed E-state index contributed by atoms with van der Waals surface area (Å²) in [5, 5.41) is 0. The summed E-state index contributed by atoms with van der Waals surface area (Å²) in [7, 11) is 0. The smallest absolute Gasteiger partial charge is 0.0828 e. The van der Waals surface area contributed by atoms with Crippen molar-refractivity contribution in [2.24, 2.45) is 5.73 Å². The lowest BCUT2D eigenvalue weighted by Gasteiger charge is -2.10. The van der Waals surface area contributed by atoms with Gasteiger partial charge in [0.25, 0.3) is 0 Å². The van der Waals surface area contributed by atoms with E-state index < -0.39 is 0 Å². The van der Waals surface area contributed by atoms with Crippen LogP contribution in [0.4, 0.5) is 0 Å². The summed E-state index contributed by atoms with van der Waals surface area (Å²) >= 11 is 3.43. The molecule has 0 aromatic heterocycles. The highest BCUT2D eigenvalue weighted by molar-refractivity contribution is 9.10. The Bertz CT molecular complexity index is 299. The molecule has 70 valence electrons.